The average molecular weight is 623 g/mol. The molecule has 3 atom stereocenters. The number of aliphatic hydroxyl groups excluding tert-OH is 1. The van der Waals surface area contributed by atoms with Crippen molar-refractivity contribution in [2.24, 2.45) is 5.41 Å². The Morgan fingerprint density at radius 3 is 2.29 bits per heavy atom. The summed E-state index contributed by atoms with van der Waals surface area (Å²) in [5, 5.41) is 19.7. The second-order valence-corrected chi connectivity index (χ2v) is 12.5. The van der Waals surface area contributed by atoms with E-state index in [0.717, 1.165) is 37.7 Å². The van der Waals surface area contributed by atoms with Crippen LogP contribution >= 0.6 is 0 Å². The SMILES string of the molecule is C[C@@H](NC(=O)C(O)[C@H](CCCCNC(=O)N1CCOCC1)NC(=O)OCC1(Cc2ccccc2)CCCCC1)c1ccccc1. The van der Waals surface area contributed by atoms with Crippen molar-refractivity contribution in [3.63, 3.8) is 0 Å². The molecule has 1 heterocycles. The van der Waals surface area contributed by atoms with Gasteiger partial charge in [-0.25, -0.2) is 9.59 Å². The highest BCUT2D eigenvalue weighted by molar-refractivity contribution is 5.82. The van der Waals surface area contributed by atoms with Gasteiger partial charge >= 0.3 is 12.1 Å². The molecule has 1 aliphatic carbocycles. The van der Waals surface area contributed by atoms with Crippen molar-refractivity contribution in [1.82, 2.24) is 20.9 Å². The molecule has 0 radical (unpaired) electrons. The molecule has 1 saturated heterocycles. The van der Waals surface area contributed by atoms with Crippen molar-refractivity contribution in [3.8, 4) is 0 Å². The Balaban J connectivity index is 1.33. The van der Waals surface area contributed by atoms with E-state index < -0.39 is 24.1 Å². The lowest BCUT2D eigenvalue weighted by Gasteiger charge is -2.37. The summed E-state index contributed by atoms with van der Waals surface area (Å²) >= 11 is 0. The van der Waals surface area contributed by atoms with Crippen molar-refractivity contribution in [2.75, 3.05) is 39.5 Å². The van der Waals surface area contributed by atoms with E-state index in [-0.39, 0.29) is 24.1 Å². The first-order chi connectivity index (χ1) is 21.8. The Kier molecular flexibility index (Phi) is 13.5. The number of aliphatic hydroxyl groups is 1. The van der Waals surface area contributed by atoms with Gasteiger partial charge in [0.1, 0.15) is 0 Å². The zero-order valence-electron chi connectivity index (χ0n) is 26.5. The van der Waals surface area contributed by atoms with Gasteiger partial charge in [0, 0.05) is 25.0 Å². The van der Waals surface area contributed by atoms with Crippen LogP contribution < -0.4 is 16.0 Å². The zero-order valence-corrected chi connectivity index (χ0v) is 26.5. The molecule has 246 valence electrons. The number of nitrogens with zero attached hydrogens (tertiary/aromatic N) is 1. The molecule has 4 N–H and O–H groups in total. The average Bonchev–Trinajstić information content (AvgIpc) is 3.08. The summed E-state index contributed by atoms with van der Waals surface area (Å²) in [4.78, 5) is 40.4. The van der Waals surface area contributed by atoms with Crippen LogP contribution in [-0.4, -0.2) is 79.6 Å². The minimum atomic E-state index is -1.47. The molecular formula is C35H50N4O6. The van der Waals surface area contributed by atoms with E-state index in [0.29, 0.717) is 52.1 Å². The smallest absolute Gasteiger partial charge is 0.407 e. The van der Waals surface area contributed by atoms with Crippen LogP contribution in [0.15, 0.2) is 60.7 Å². The predicted molar refractivity (Wildman–Crippen MR) is 173 cm³/mol. The van der Waals surface area contributed by atoms with Crippen LogP contribution in [0, 0.1) is 5.41 Å². The van der Waals surface area contributed by atoms with Crippen LogP contribution in [0.1, 0.15) is 75.5 Å². The van der Waals surface area contributed by atoms with Gasteiger partial charge in [0.25, 0.3) is 5.91 Å². The second kappa shape index (κ2) is 17.8. The van der Waals surface area contributed by atoms with Gasteiger partial charge in [-0.3, -0.25) is 4.79 Å². The third kappa shape index (κ3) is 11.0. The molecule has 0 spiro atoms. The van der Waals surface area contributed by atoms with Crippen molar-refractivity contribution in [3.05, 3.63) is 71.8 Å². The maximum atomic E-state index is 13.2. The fourth-order valence-corrected chi connectivity index (χ4v) is 6.29. The number of amides is 4. The van der Waals surface area contributed by atoms with E-state index in [1.807, 2.05) is 55.5 Å². The monoisotopic (exact) mass is 622 g/mol. The summed E-state index contributed by atoms with van der Waals surface area (Å²) < 4.78 is 11.1. The number of carbonyl (C=O) groups excluding carboxylic acids is 3. The number of unbranched alkanes of at least 4 members (excludes halogenated alkanes) is 1. The Morgan fingerprint density at radius 1 is 0.933 bits per heavy atom. The van der Waals surface area contributed by atoms with Gasteiger partial charge in [-0.1, -0.05) is 79.9 Å². The van der Waals surface area contributed by atoms with Gasteiger partial charge in [-0.2, -0.15) is 0 Å². The fourth-order valence-electron chi connectivity index (χ4n) is 6.29. The summed E-state index contributed by atoms with van der Waals surface area (Å²) in [6, 6.07) is 18.5. The van der Waals surface area contributed by atoms with Crippen molar-refractivity contribution < 1.29 is 29.0 Å². The second-order valence-electron chi connectivity index (χ2n) is 12.5. The van der Waals surface area contributed by atoms with E-state index in [1.54, 1.807) is 4.90 Å². The summed E-state index contributed by atoms with van der Waals surface area (Å²) in [6.45, 7) is 4.78. The van der Waals surface area contributed by atoms with Crippen LogP contribution in [0.3, 0.4) is 0 Å². The van der Waals surface area contributed by atoms with Crippen molar-refractivity contribution in [1.29, 1.82) is 0 Å². The molecule has 1 saturated carbocycles. The largest absolute Gasteiger partial charge is 0.449 e. The molecular weight excluding hydrogens is 572 g/mol. The molecule has 2 fully saturated rings. The quantitative estimate of drug-likeness (QED) is 0.226. The molecule has 1 aliphatic heterocycles. The number of ether oxygens (including phenoxy) is 2. The first-order valence-corrected chi connectivity index (χ1v) is 16.5. The van der Waals surface area contributed by atoms with Crippen molar-refractivity contribution >= 4 is 18.0 Å². The molecule has 1 unspecified atom stereocenters. The van der Waals surface area contributed by atoms with E-state index >= 15 is 0 Å². The number of rotatable bonds is 14. The molecule has 0 bridgehead atoms. The third-order valence-electron chi connectivity index (χ3n) is 8.97. The van der Waals surface area contributed by atoms with Crippen molar-refractivity contribution in [2.45, 2.75) is 82.9 Å². The Hall–Kier alpha value is -3.63. The number of hydrogen-bond acceptors (Lipinski definition) is 6. The maximum Gasteiger partial charge on any atom is 0.407 e. The van der Waals surface area contributed by atoms with Gasteiger partial charge in [0.15, 0.2) is 6.10 Å². The first kappa shape index (κ1) is 34.2. The number of benzene rings is 2. The number of morpholine rings is 1. The predicted octanol–water partition coefficient (Wildman–Crippen LogP) is 4.72. The highest BCUT2D eigenvalue weighted by atomic mass is 16.5. The molecule has 0 aromatic heterocycles. The molecule has 10 nitrogen and oxygen atoms in total. The molecule has 4 amide bonds. The molecule has 2 aromatic carbocycles. The van der Waals surface area contributed by atoms with Gasteiger partial charge in [0.2, 0.25) is 0 Å². The summed E-state index contributed by atoms with van der Waals surface area (Å²) in [5.74, 6) is -0.565. The van der Waals surface area contributed by atoms with Crippen LogP contribution in [-0.2, 0) is 20.7 Å². The van der Waals surface area contributed by atoms with E-state index in [9.17, 15) is 19.5 Å². The highest BCUT2D eigenvalue weighted by Crippen LogP contribution is 2.39. The lowest BCUT2D eigenvalue weighted by molar-refractivity contribution is -0.131. The standard InChI is InChI=1S/C35H50N4O6/c1-27(29-15-7-3-8-16-29)37-32(41)31(40)30(17-9-12-20-36-33(42)39-21-23-44-24-22-39)38-34(43)45-26-35(18-10-4-11-19-35)25-28-13-5-2-6-14-28/h2-3,5-8,13-16,27,30-31,40H,4,9-12,17-26H2,1H3,(H,36,42)(H,37,41)(H,38,43)/t27-,30+,31?/m1/s1. The van der Waals surface area contributed by atoms with Crippen LogP contribution in [0.5, 0.6) is 0 Å². The Morgan fingerprint density at radius 2 is 1.60 bits per heavy atom. The number of carbonyl (C=O) groups is 3. The maximum absolute atomic E-state index is 13.2. The topological polar surface area (TPSA) is 129 Å². The first-order valence-electron chi connectivity index (χ1n) is 16.5. The molecule has 2 aromatic rings. The molecule has 45 heavy (non-hydrogen) atoms. The number of alkyl carbamates (subject to hydrolysis) is 1. The lowest BCUT2D eigenvalue weighted by Crippen LogP contribution is -2.51. The van der Waals surface area contributed by atoms with E-state index in [4.69, 9.17) is 9.47 Å². The Labute approximate surface area is 267 Å². The summed E-state index contributed by atoms with van der Waals surface area (Å²) in [7, 11) is 0. The summed E-state index contributed by atoms with van der Waals surface area (Å²) in [6.07, 6.45) is 5.61. The molecule has 10 heteroatoms. The van der Waals surface area contributed by atoms with Crippen LogP contribution in [0.2, 0.25) is 0 Å². The minimum absolute atomic E-state index is 0.127. The number of urea groups is 1. The highest BCUT2D eigenvalue weighted by Gasteiger charge is 2.35. The summed E-state index contributed by atoms with van der Waals surface area (Å²) in [5.41, 5.74) is 2.00. The Bertz CT molecular complexity index is 1190. The molecule has 4 rings (SSSR count). The van der Waals surface area contributed by atoms with Gasteiger partial charge in [-0.15, -0.1) is 0 Å². The van der Waals surface area contributed by atoms with E-state index in [1.165, 1.54) is 12.0 Å². The lowest BCUT2D eigenvalue weighted by atomic mass is 9.71. The van der Waals surface area contributed by atoms with E-state index in [2.05, 4.69) is 28.1 Å². The van der Waals surface area contributed by atoms with Gasteiger partial charge in [0.05, 0.1) is 31.9 Å². The number of nitrogens with one attached hydrogen (secondary N) is 3. The van der Waals surface area contributed by atoms with Crippen LogP contribution in [0.4, 0.5) is 9.59 Å². The fraction of sp³-hybridized carbons (Fsp3) is 0.571. The normalized spacial score (nSPS) is 18.2. The molecule has 2 aliphatic rings. The third-order valence-corrected chi connectivity index (χ3v) is 8.97. The minimum Gasteiger partial charge on any atom is -0.449 e. The zero-order chi connectivity index (χ0) is 31.9. The van der Waals surface area contributed by atoms with Gasteiger partial charge < -0.3 is 35.4 Å². The van der Waals surface area contributed by atoms with Gasteiger partial charge in [-0.05, 0) is 56.6 Å². The number of hydrogen-bond donors (Lipinski definition) is 4. The van der Waals surface area contributed by atoms with Crippen LogP contribution in [0.25, 0.3) is 0 Å².